The van der Waals surface area contributed by atoms with Crippen LogP contribution in [-0.4, -0.2) is 52.1 Å². The van der Waals surface area contributed by atoms with E-state index in [2.05, 4.69) is 31.7 Å². The van der Waals surface area contributed by atoms with Gasteiger partial charge < -0.3 is 15.5 Å². The molecule has 5 rings (SSSR count). The number of fused-ring (bicyclic) bond motifs is 1. The van der Waals surface area contributed by atoms with E-state index in [0.29, 0.717) is 42.7 Å². The first kappa shape index (κ1) is 20.6. The summed E-state index contributed by atoms with van der Waals surface area (Å²) in [6.07, 6.45) is 3.03. The predicted octanol–water partition coefficient (Wildman–Crippen LogP) is 4.65. The van der Waals surface area contributed by atoms with Crippen LogP contribution in [0.5, 0.6) is 0 Å². The van der Waals surface area contributed by atoms with Gasteiger partial charge in [-0.1, -0.05) is 29.8 Å². The molecule has 2 N–H and O–H groups in total. The molecule has 0 aliphatic carbocycles. The van der Waals surface area contributed by atoms with Crippen molar-refractivity contribution < 1.29 is 9.18 Å². The Kier molecular flexibility index (Phi) is 5.59. The molecule has 0 radical (unpaired) electrons. The van der Waals surface area contributed by atoms with Crippen LogP contribution in [0, 0.1) is 5.95 Å². The Hall–Kier alpha value is -3.30. The summed E-state index contributed by atoms with van der Waals surface area (Å²) in [5.74, 6) is -0.0739. The van der Waals surface area contributed by atoms with E-state index in [0.717, 1.165) is 26.2 Å². The zero-order valence-electron chi connectivity index (χ0n) is 16.8. The number of carbonyl (C=O) groups excluding carboxylic acids is 1. The van der Waals surface area contributed by atoms with Gasteiger partial charge in [0.2, 0.25) is 11.9 Å². The van der Waals surface area contributed by atoms with Gasteiger partial charge in [-0.15, -0.1) is 11.3 Å². The molecule has 1 aromatic carbocycles. The van der Waals surface area contributed by atoms with Crippen molar-refractivity contribution in [1.29, 1.82) is 0 Å². The number of urea groups is 1. The maximum Gasteiger partial charge on any atom is 0.317 e. The van der Waals surface area contributed by atoms with Gasteiger partial charge in [-0.25, -0.2) is 19.7 Å². The highest BCUT2D eigenvalue weighted by atomic mass is 35.5. The van der Waals surface area contributed by atoms with E-state index < -0.39 is 5.95 Å². The fraction of sp³-hybridized carbons (Fsp3) is 0.182. The lowest BCUT2D eigenvalue weighted by Gasteiger charge is -2.14. The average Bonchev–Trinajstić information content (AvgIpc) is 3.42. The summed E-state index contributed by atoms with van der Waals surface area (Å²) < 4.78 is 14.7. The minimum absolute atomic E-state index is 0.0447. The number of thiophene rings is 1. The summed E-state index contributed by atoms with van der Waals surface area (Å²) in [6, 6.07) is 11.1. The third-order valence-corrected chi connectivity index (χ3v) is 6.68. The summed E-state index contributed by atoms with van der Waals surface area (Å²) >= 11 is 7.86. The number of amides is 2. The third kappa shape index (κ3) is 4.09. The monoisotopic (exact) mass is 468 g/mol. The van der Waals surface area contributed by atoms with Crippen molar-refractivity contribution in [2.45, 2.75) is 0 Å². The molecule has 2 amide bonds. The highest BCUT2D eigenvalue weighted by Gasteiger charge is 2.18. The number of pyridine rings is 1. The zero-order chi connectivity index (χ0) is 22.1. The van der Waals surface area contributed by atoms with Gasteiger partial charge >= 0.3 is 6.03 Å². The number of benzene rings is 1. The number of hydrogen-bond donors (Lipinski definition) is 2. The molecule has 1 saturated heterocycles. The Labute approximate surface area is 192 Å². The standard InChI is InChI=1S/C22H18ClFN6OS/c23-16-12-28-19(24)11-15(16)14-3-1-2-13-10-18(32-20(13)14)17-4-5-25-21(29-17)26-6-8-30-9-7-27-22(30)31/h1-5,10-12H,6-9H2,(H,27,31)(H,25,26,29). The number of nitrogens with zero attached hydrogens (tertiary/aromatic N) is 4. The van der Waals surface area contributed by atoms with Gasteiger partial charge in [-0.05, 0) is 17.5 Å². The van der Waals surface area contributed by atoms with E-state index in [-0.39, 0.29) is 6.03 Å². The second-order valence-electron chi connectivity index (χ2n) is 7.23. The van der Waals surface area contributed by atoms with Crippen LogP contribution in [0.25, 0.3) is 31.8 Å². The van der Waals surface area contributed by atoms with Crippen molar-refractivity contribution >= 4 is 45.0 Å². The van der Waals surface area contributed by atoms with Gasteiger partial charge in [0.1, 0.15) is 0 Å². The fourth-order valence-corrected chi connectivity index (χ4v) is 4.99. The van der Waals surface area contributed by atoms with Gasteiger partial charge in [0.05, 0.1) is 15.6 Å². The first-order valence-corrected chi connectivity index (χ1v) is 11.2. The number of nitrogens with one attached hydrogen (secondary N) is 2. The van der Waals surface area contributed by atoms with Crippen LogP contribution in [-0.2, 0) is 0 Å². The van der Waals surface area contributed by atoms with Crippen LogP contribution in [0.4, 0.5) is 15.1 Å². The highest BCUT2D eigenvalue weighted by molar-refractivity contribution is 7.22. The van der Waals surface area contributed by atoms with Crippen LogP contribution < -0.4 is 10.6 Å². The van der Waals surface area contributed by atoms with Gasteiger partial charge in [0, 0.05) is 60.5 Å². The Balaban J connectivity index is 1.41. The lowest BCUT2D eigenvalue weighted by atomic mass is 10.1. The average molecular weight is 469 g/mol. The minimum Gasteiger partial charge on any atom is -0.352 e. The third-order valence-electron chi connectivity index (χ3n) is 5.17. The zero-order valence-corrected chi connectivity index (χ0v) is 18.4. The van der Waals surface area contributed by atoms with Crippen LogP contribution in [0.3, 0.4) is 0 Å². The fourth-order valence-electron chi connectivity index (χ4n) is 3.63. The molecule has 1 aliphatic heterocycles. The van der Waals surface area contributed by atoms with Crippen LogP contribution >= 0.6 is 22.9 Å². The summed E-state index contributed by atoms with van der Waals surface area (Å²) in [5, 5.41) is 7.38. The van der Waals surface area contributed by atoms with Crippen molar-refractivity contribution in [2.75, 3.05) is 31.5 Å². The molecule has 3 aromatic heterocycles. The molecule has 10 heteroatoms. The summed E-state index contributed by atoms with van der Waals surface area (Å²) in [6.45, 7) is 2.52. The number of halogens is 2. The molecule has 162 valence electrons. The van der Waals surface area contributed by atoms with Crippen LogP contribution in [0.1, 0.15) is 0 Å². The van der Waals surface area contributed by atoms with E-state index >= 15 is 0 Å². The number of hydrogen-bond acceptors (Lipinski definition) is 6. The van der Waals surface area contributed by atoms with Crippen molar-refractivity contribution in [3.63, 3.8) is 0 Å². The van der Waals surface area contributed by atoms with Gasteiger partial charge in [0.25, 0.3) is 0 Å². The van der Waals surface area contributed by atoms with Crippen molar-refractivity contribution in [1.82, 2.24) is 25.2 Å². The van der Waals surface area contributed by atoms with Crippen LogP contribution in [0.15, 0.2) is 48.8 Å². The predicted molar refractivity (Wildman–Crippen MR) is 125 cm³/mol. The number of anilines is 1. The van der Waals surface area contributed by atoms with E-state index in [1.807, 2.05) is 24.3 Å². The molecule has 7 nitrogen and oxygen atoms in total. The van der Waals surface area contributed by atoms with Gasteiger partial charge in [-0.2, -0.15) is 4.39 Å². The molecule has 0 atom stereocenters. The molecule has 0 saturated carbocycles. The molecular formula is C22H18ClFN6OS. The Morgan fingerprint density at radius 2 is 2.12 bits per heavy atom. The van der Waals surface area contributed by atoms with E-state index in [4.69, 9.17) is 11.6 Å². The maximum absolute atomic E-state index is 13.8. The molecule has 1 fully saturated rings. The van der Waals surface area contributed by atoms with Gasteiger partial charge in [0.15, 0.2) is 0 Å². The largest absolute Gasteiger partial charge is 0.352 e. The summed E-state index contributed by atoms with van der Waals surface area (Å²) in [4.78, 5) is 26.9. The maximum atomic E-state index is 13.8. The van der Waals surface area contributed by atoms with Gasteiger partial charge in [-0.3, -0.25) is 0 Å². The molecule has 4 heterocycles. The lowest BCUT2D eigenvalue weighted by molar-refractivity contribution is 0.219. The molecular weight excluding hydrogens is 451 g/mol. The second-order valence-corrected chi connectivity index (χ2v) is 8.69. The normalized spacial score (nSPS) is 13.6. The van der Waals surface area contributed by atoms with E-state index in [1.54, 1.807) is 22.4 Å². The minimum atomic E-state index is -0.573. The lowest BCUT2D eigenvalue weighted by Crippen LogP contribution is -2.32. The molecule has 1 aliphatic rings. The quantitative estimate of drug-likeness (QED) is 0.402. The van der Waals surface area contributed by atoms with Crippen LogP contribution in [0.2, 0.25) is 5.02 Å². The summed E-state index contributed by atoms with van der Waals surface area (Å²) in [7, 11) is 0. The Morgan fingerprint density at radius 3 is 2.97 bits per heavy atom. The summed E-state index contributed by atoms with van der Waals surface area (Å²) in [5.41, 5.74) is 2.23. The molecule has 0 bridgehead atoms. The molecule has 4 aromatic rings. The number of aromatic nitrogens is 3. The number of carbonyl (C=O) groups is 1. The number of rotatable bonds is 6. The highest BCUT2D eigenvalue weighted by Crippen LogP contribution is 2.40. The first-order chi connectivity index (χ1) is 15.6. The van der Waals surface area contributed by atoms with E-state index in [1.165, 1.54) is 12.3 Å². The SMILES string of the molecule is O=C1NCCN1CCNc1nccc(-c2cc3cccc(-c4cc(F)ncc4Cl)c3s2)n1. The molecule has 0 spiro atoms. The topological polar surface area (TPSA) is 83.0 Å². The first-order valence-electron chi connectivity index (χ1n) is 10.0. The Morgan fingerprint density at radius 1 is 1.22 bits per heavy atom. The molecule has 32 heavy (non-hydrogen) atoms. The van der Waals surface area contributed by atoms with Crippen molar-refractivity contribution in [2.24, 2.45) is 0 Å². The molecule has 0 unspecified atom stereocenters. The smallest absolute Gasteiger partial charge is 0.317 e. The Bertz CT molecular complexity index is 1310. The van der Waals surface area contributed by atoms with Crippen molar-refractivity contribution in [3.05, 3.63) is 59.8 Å². The second kappa shape index (κ2) is 8.68. The van der Waals surface area contributed by atoms with E-state index in [9.17, 15) is 9.18 Å². The van der Waals surface area contributed by atoms with Crippen molar-refractivity contribution in [3.8, 4) is 21.7 Å².